The first kappa shape index (κ1) is 19.8. The Balaban J connectivity index is 1.80. The van der Waals surface area contributed by atoms with Crippen molar-refractivity contribution in [2.24, 2.45) is 5.10 Å². The van der Waals surface area contributed by atoms with E-state index >= 15 is 0 Å². The normalized spacial score (nSPS) is 14.6. The zero-order valence-electron chi connectivity index (χ0n) is 15.6. The van der Waals surface area contributed by atoms with E-state index in [2.05, 4.69) is 15.4 Å². The molecule has 9 heteroatoms. The molecule has 0 aliphatic carbocycles. The maximum absolute atomic E-state index is 12.4. The number of nitro groups is 1. The highest BCUT2D eigenvalue weighted by Gasteiger charge is 2.20. The first-order valence-corrected chi connectivity index (χ1v) is 10.0. The molecule has 0 radical (unpaired) electrons. The summed E-state index contributed by atoms with van der Waals surface area (Å²) in [4.78, 5) is 25.7. The van der Waals surface area contributed by atoms with Gasteiger partial charge in [-0.1, -0.05) is 0 Å². The van der Waals surface area contributed by atoms with Gasteiger partial charge in [-0.3, -0.25) is 15.5 Å². The summed E-state index contributed by atoms with van der Waals surface area (Å²) in [5, 5.41) is 16.1. The number of esters is 1. The number of piperidine rings is 1. The van der Waals surface area contributed by atoms with Crippen LogP contribution < -0.4 is 10.3 Å². The number of benzene rings is 1. The highest BCUT2D eigenvalue weighted by Crippen LogP contribution is 2.29. The second kappa shape index (κ2) is 9.32. The zero-order chi connectivity index (χ0) is 19.9. The summed E-state index contributed by atoms with van der Waals surface area (Å²) in [6.07, 6.45) is 3.60. The summed E-state index contributed by atoms with van der Waals surface area (Å²) in [5.41, 5.74) is 3.52. The van der Waals surface area contributed by atoms with E-state index in [4.69, 9.17) is 4.74 Å². The van der Waals surface area contributed by atoms with E-state index in [1.54, 1.807) is 6.92 Å². The summed E-state index contributed by atoms with van der Waals surface area (Å²) in [7, 11) is 0. The standard InChI is InChI=1S/C19H22N4O4S/c1-2-27-19(24)18(21-20-14-6-8-15(9-7-14)23(25)26)16-10-11-17(28-16)22-12-4-3-5-13-22/h6-11,20H,2-5,12-13H2,1H3/b21-18-. The van der Waals surface area contributed by atoms with E-state index in [-0.39, 0.29) is 18.0 Å². The number of hydrazone groups is 1. The van der Waals surface area contributed by atoms with Gasteiger partial charge in [-0.05, 0) is 50.5 Å². The first-order chi connectivity index (χ1) is 13.6. The molecule has 148 valence electrons. The Morgan fingerprint density at radius 2 is 1.93 bits per heavy atom. The van der Waals surface area contributed by atoms with Crippen molar-refractivity contribution < 1.29 is 14.5 Å². The number of thiophene rings is 1. The van der Waals surface area contributed by atoms with Crippen molar-refractivity contribution >= 4 is 39.4 Å². The first-order valence-electron chi connectivity index (χ1n) is 9.19. The van der Waals surface area contributed by atoms with E-state index in [1.807, 2.05) is 12.1 Å². The molecule has 1 aliphatic heterocycles. The molecule has 1 fully saturated rings. The van der Waals surface area contributed by atoms with E-state index < -0.39 is 10.9 Å². The van der Waals surface area contributed by atoms with Crippen LogP contribution in [0, 0.1) is 10.1 Å². The summed E-state index contributed by atoms with van der Waals surface area (Å²) in [6, 6.07) is 9.72. The Bertz CT molecular complexity index is 857. The van der Waals surface area contributed by atoms with Crippen LogP contribution >= 0.6 is 11.3 Å². The van der Waals surface area contributed by atoms with Gasteiger partial charge in [0.05, 0.1) is 27.1 Å². The number of hydrogen-bond acceptors (Lipinski definition) is 8. The van der Waals surface area contributed by atoms with Crippen molar-refractivity contribution in [1.29, 1.82) is 0 Å². The number of anilines is 2. The Labute approximate surface area is 167 Å². The molecule has 0 bridgehead atoms. The molecule has 0 unspecified atom stereocenters. The van der Waals surface area contributed by atoms with Crippen LogP contribution in [-0.2, 0) is 9.53 Å². The van der Waals surface area contributed by atoms with Crippen LogP contribution in [0.25, 0.3) is 0 Å². The molecule has 1 aliphatic rings. The Kier molecular flexibility index (Phi) is 6.59. The van der Waals surface area contributed by atoms with Gasteiger partial charge in [-0.25, -0.2) is 4.79 Å². The maximum atomic E-state index is 12.4. The Morgan fingerprint density at radius 3 is 2.57 bits per heavy atom. The third kappa shape index (κ3) is 4.86. The minimum atomic E-state index is -0.510. The molecule has 1 aromatic heterocycles. The van der Waals surface area contributed by atoms with E-state index in [0.717, 1.165) is 18.1 Å². The van der Waals surface area contributed by atoms with Gasteiger partial charge < -0.3 is 9.64 Å². The SMILES string of the molecule is CCOC(=O)/C(=N\Nc1ccc([N+](=O)[O-])cc1)c1ccc(N2CCCCC2)s1. The molecule has 0 saturated carbocycles. The molecule has 28 heavy (non-hydrogen) atoms. The van der Waals surface area contributed by atoms with Crippen molar-refractivity contribution in [3.8, 4) is 0 Å². The van der Waals surface area contributed by atoms with E-state index in [1.165, 1.54) is 54.9 Å². The molecule has 0 spiro atoms. The third-order valence-electron chi connectivity index (χ3n) is 4.34. The number of nitrogens with one attached hydrogen (secondary N) is 1. The molecule has 2 aromatic rings. The summed E-state index contributed by atoms with van der Waals surface area (Å²) in [6.45, 7) is 4.03. The number of nitro benzene ring substituents is 1. The van der Waals surface area contributed by atoms with E-state index in [0.29, 0.717) is 10.6 Å². The highest BCUT2D eigenvalue weighted by molar-refractivity contribution is 7.18. The van der Waals surface area contributed by atoms with Crippen LogP contribution in [0.5, 0.6) is 0 Å². The van der Waals surface area contributed by atoms with Crippen molar-refractivity contribution in [3.63, 3.8) is 0 Å². The van der Waals surface area contributed by atoms with Crippen LogP contribution in [0.15, 0.2) is 41.5 Å². The number of nitrogens with zero attached hydrogens (tertiary/aromatic N) is 3. The van der Waals surface area contributed by atoms with Crippen LogP contribution in [0.4, 0.5) is 16.4 Å². The lowest BCUT2D eigenvalue weighted by Crippen LogP contribution is -2.28. The molecular weight excluding hydrogens is 380 g/mol. The Hall–Kier alpha value is -2.94. The average Bonchev–Trinajstić information content (AvgIpc) is 3.19. The lowest BCUT2D eigenvalue weighted by atomic mass is 10.1. The van der Waals surface area contributed by atoms with Gasteiger partial charge in [0.2, 0.25) is 0 Å². The molecule has 3 rings (SSSR count). The topological polar surface area (TPSA) is 97.1 Å². The lowest BCUT2D eigenvalue weighted by Gasteiger charge is -2.27. The van der Waals surface area contributed by atoms with Gasteiger partial charge in [-0.15, -0.1) is 11.3 Å². The van der Waals surface area contributed by atoms with Gasteiger partial charge in [0.15, 0.2) is 5.71 Å². The number of carbonyl (C=O) groups excluding carboxylic acids is 1. The minimum Gasteiger partial charge on any atom is -0.461 e. The molecule has 1 saturated heterocycles. The molecule has 2 heterocycles. The molecular formula is C19H22N4O4S. The van der Waals surface area contributed by atoms with Crippen LogP contribution in [-0.4, -0.2) is 36.3 Å². The zero-order valence-corrected chi connectivity index (χ0v) is 16.4. The number of hydrogen-bond donors (Lipinski definition) is 1. The number of rotatable bonds is 7. The van der Waals surface area contributed by atoms with Crippen molar-refractivity contribution in [3.05, 3.63) is 51.4 Å². The van der Waals surface area contributed by atoms with Crippen LogP contribution in [0.2, 0.25) is 0 Å². The lowest BCUT2D eigenvalue weighted by molar-refractivity contribution is -0.384. The second-order valence-corrected chi connectivity index (χ2v) is 7.34. The highest BCUT2D eigenvalue weighted by atomic mass is 32.1. The fraction of sp³-hybridized carbons (Fsp3) is 0.368. The quantitative estimate of drug-likeness (QED) is 0.325. The predicted octanol–water partition coefficient (Wildman–Crippen LogP) is 4.03. The monoisotopic (exact) mass is 402 g/mol. The number of non-ortho nitro benzene ring substituents is 1. The largest absolute Gasteiger partial charge is 0.461 e. The van der Waals surface area contributed by atoms with Gasteiger partial charge >= 0.3 is 5.97 Å². The fourth-order valence-corrected chi connectivity index (χ4v) is 3.95. The van der Waals surface area contributed by atoms with Gasteiger partial charge in [0.1, 0.15) is 0 Å². The van der Waals surface area contributed by atoms with Gasteiger partial charge in [-0.2, -0.15) is 5.10 Å². The van der Waals surface area contributed by atoms with E-state index in [9.17, 15) is 14.9 Å². The van der Waals surface area contributed by atoms with Gasteiger partial charge in [0.25, 0.3) is 5.69 Å². The summed E-state index contributed by atoms with van der Waals surface area (Å²) in [5.74, 6) is -0.510. The summed E-state index contributed by atoms with van der Waals surface area (Å²) >= 11 is 1.51. The maximum Gasteiger partial charge on any atom is 0.360 e. The van der Waals surface area contributed by atoms with Crippen LogP contribution in [0.3, 0.4) is 0 Å². The molecule has 0 atom stereocenters. The van der Waals surface area contributed by atoms with Crippen molar-refractivity contribution in [2.45, 2.75) is 26.2 Å². The molecule has 1 aromatic carbocycles. The third-order valence-corrected chi connectivity index (χ3v) is 5.49. The molecule has 1 N–H and O–H groups in total. The fourth-order valence-electron chi connectivity index (χ4n) is 2.92. The van der Waals surface area contributed by atoms with Gasteiger partial charge in [0, 0.05) is 25.2 Å². The van der Waals surface area contributed by atoms with Crippen LogP contribution in [0.1, 0.15) is 31.1 Å². The molecule has 8 nitrogen and oxygen atoms in total. The summed E-state index contributed by atoms with van der Waals surface area (Å²) < 4.78 is 5.15. The second-order valence-electron chi connectivity index (χ2n) is 6.28. The number of ether oxygens (including phenoxy) is 1. The Morgan fingerprint density at radius 1 is 1.21 bits per heavy atom. The predicted molar refractivity (Wildman–Crippen MR) is 110 cm³/mol. The number of carbonyl (C=O) groups is 1. The van der Waals surface area contributed by atoms with Crippen molar-refractivity contribution in [2.75, 3.05) is 30.0 Å². The molecule has 0 amide bonds. The smallest absolute Gasteiger partial charge is 0.360 e. The average molecular weight is 402 g/mol. The van der Waals surface area contributed by atoms with Crippen molar-refractivity contribution in [1.82, 2.24) is 0 Å². The minimum absolute atomic E-state index is 0.00965.